The fourth-order valence-corrected chi connectivity index (χ4v) is 4.87. The van der Waals surface area contributed by atoms with Gasteiger partial charge in [0.15, 0.2) is 5.82 Å². The van der Waals surface area contributed by atoms with E-state index in [0.29, 0.717) is 11.7 Å². The molecule has 1 amide bonds. The maximum atomic E-state index is 12.8. The van der Waals surface area contributed by atoms with Crippen molar-refractivity contribution in [1.82, 2.24) is 10.2 Å². The molecule has 0 saturated heterocycles. The van der Waals surface area contributed by atoms with Gasteiger partial charge in [0.2, 0.25) is 9.84 Å². The van der Waals surface area contributed by atoms with E-state index in [9.17, 15) is 13.2 Å². The highest BCUT2D eigenvalue weighted by atomic mass is 32.2. The smallest absolute Gasteiger partial charge is 0.258 e. The van der Waals surface area contributed by atoms with Crippen molar-refractivity contribution in [3.63, 3.8) is 0 Å². The Labute approximate surface area is 167 Å². The first-order valence-corrected chi connectivity index (χ1v) is 10.7. The lowest BCUT2D eigenvalue weighted by atomic mass is 10.00. The molecule has 2 aliphatic rings. The molecule has 0 radical (unpaired) electrons. The highest BCUT2D eigenvalue weighted by molar-refractivity contribution is 7.95. The number of amides is 1. The molecule has 1 atom stereocenters. The molecule has 28 heavy (non-hydrogen) atoms. The van der Waals surface area contributed by atoms with Gasteiger partial charge in [0, 0.05) is 22.5 Å². The fourth-order valence-electron chi connectivity index (χ4n) is 3.02. The minimum absolute atomic E-state index is 0.0314. The van der Waals surface area contributed by atoms with Crippen LogP contribution in [-0.4, -0.2) is 35.4 Å². The average Bonchev–Trinajstić information content (AvgIpc) is 3.44. The highest BCUT2D eigenvalue weighted by Crippen LogP contribution is 2.39. The number of thiocarbonyl (C=S) groups is 1. The lowest BCUT2D eigenvalue weighted by molar-refractivity contribution is -0.112. The van der Waals surface area contributed by atoms with Gasteiger partial charge < -0.3 is 11.1 Å². The van der Waals surface area contributed by atoms with E-state index in [1.807, 2.05) is 0 Å². The summed E-state index contributed by atoms with van der Waals surface area (Å²) in [6, 6.07) is 8.70. The van der Waals surface area contributed by atoms with E-state index in [2.05, 4.69) is 15.5 Å². The van der Waals surface area contributed by atoms with Crippen LogP contribution in [-0.2, 0) is 14.6 Å². The number of rotatable bonds is 5. The van der Waals surface area contributed by atoms with Crippen molar-refractivity contribution in [2.75, 3.05) is 5.32 Å². The lowest BCUT2D eigenvalue weighted by Gasteiger charge is -2.22. The molecule has 2 aliphatic carbocycles. The third-order valence-electron chi connectivity index (χ3n) is 4.73. The third-order valence-corrected chi connectivity index (χ3v) is 7.11. The summed E-state index contributed by atoms with van der Waals surface area (Å²) in [5.41, 5.74) is 7.24. The summed E-state index contributed by atoms with van der Waals surface area (Å²) in [5.74, 6) is 0.410. The van der Waals surface area contributed by atoms with Gasteiger partial charge in [0.25, 0.3) is 5.91 Å². The van der Waals surface area contributed by atoms with Crippen LogP contribution in [0.3, 0.4) is 0 Å². The predicted molar refractivity (Wildman–Crippen MR) is 110 cm³/mol. The molecule has 7 nitrogen and oxygen atoms in total. The molecule has 2 aromatic rings. The quantitative estimate of drug-likeness (QED) is 0.646. The number of sulfone groups is 1. The normalized spacial score (nSPS) is 19.8. The van der Waals surface area contributed by atoms with E-state index in [0.717, 1.165) is 18.5 Å². The zero-order chi connectivity index (χ0) is 19.9. The van der Waals surface area contributed by atoms with Crippen molar-refractivity contribution in [1.29, 1.82) is 0 Å². The van der Waals surface area contributed by atoms with Crippen molar-refractivity contribution < 1.29 is 13.2 Å². The number of nitrogens with one attached hydrogen (secondary N) is 2. The Bertz CT molecular complexity index is 1110. The second-order valence-corrected chi connectivity index (χ2v) is 9.13. The van der Waals surface area contributed by atoms with Gasteiger partial charge in [-0.2, -0.15) is 5.10 Å². The minimum Gasteiger partial charge on any atom is -0.319 e. The van der Waals surface area contributed by atoms with Crippen LogP contribution in [0.4, 0.5) is 5.82 Å². The van der Waals surface area contributed by atoms with Gasteiger partial charge in [0.05, 0.1) is 21.4 Å². The van der Waals surface area contributed by atoms with Gasteiger partial charge in [-0.1, -0.05) is 30.4 Å². The molecule has 0 bridgehead atoms. The van der Waals surface area contributed by atoms with Crippen LogP contribution < -0.4 is 11.1 Å². The summed E-state index contributed by atoms with van der Waals surface area (Å²) in [6.07, 6.45) is 4.97. The van der Waals surface area contributed by atoms with E-state index in [-0.39, 0.29) is 20.2 Å². The molecule has 0 spiro atoms. The summed E-state index contributed by atoms with van der Waals surface area (Å²) in [4.78, 5) is 12.8. The largest absolute Gasteiger partial charge is 0.319 e. The maximum absolute atomic E-state index is 12.8. The Morgan fingerprint density at radius 3 is 2.61 bits per heavy atom. The molecule has 9 heteroatoms. The van der Waals surface area contributed by atoms with Crippen LogP contribution in [0.1, 0.15) is 24.5 Å². The second-order valence-electron chi connectivity index (χ2n) is 6.74. The summed E-state index contributed by atoms with van der Waals surface area (Å²) >= 11 is 5.31. The second kappa shape index (κ2) is 7.08. The average molecular weight is 415 g/mol. The molecule has 1 heterocycles. The lowest BCUT2D eigenvalue weighted by Crippen LogP contribution is -2.40. The number of hydrogen-bond donors (Lipinski definition) is 3. The minimum atomic E-state index is -3.80. The first kappa shape index (κ1) is 18.7. The number of anilines is 1. The molecular weight excluding hydrogens is 396 g/mol. The molecular formula is C19H18N4O3S2. The van der Waals surface area contributed by atoms with Gasteiger partial charge in [-0.15, -0.1) is 0 Å². The summed E-state index contributed by atoms with van der Waals surface area (Å²) in [6.45, 7) is 0. The summed E-state index contributed by atoms with van der Waals surface area (Å²) in [7, 11) is -3.80. The Morgan fingerprint density at radius 2 is 1.93 bits per heavy atom. The van der Waals surface area contributed by atoms with Crippen LogP contribution in [0.2, 0.25) is 0 Å². The number of nitrogens with two attached hydrogens (primary N) is 1. The van der Waals surface area contributed by atoms with Crippen molar-refractivity contribution >= 4 is 38.6 Å². The van der Waals surface area contributed by atoms with Crippen LogP contribution in [0, 0.1) is 0 Å². The van der Waals surface area contributed by atoms with Gasteiger partial charge in [-0.3, -0.25) is 9.89 Å². The summed E-state index contributed by atoms with van der Waals surface area (Å²) in [5, 5.41) is 9.67. The monoisotopic (exact) mass is 414 g/mol. The maximum Gasteiger partial charge on any atom is 0.258 e. The topological polar surface area (TPSA) is 118 Å². The molecule has 1 aromatic carbocycles. The molecule has 1 aromatic heterocycles. The van der Waals surface area contributed by atoms with E-state index < -0.39 is 21.8 Å². The number of aromatic nitrogens is 2. The fraction of sp³-hybridized carbons (Fsp3) is 0.211. The van der Waals surface area contributed by atoms with Crippen LogP contribution in [0.15, 0.2) is 63.9 Å². The predicted octanol–water partition coefficient (Wildman–Crippen LogP) is 2.22. The standard InChI is InChI=1S/C19H18N4O3S2/c20-17-15(28(25,26)12-4-2-1-3-5-12)9-8-13(18(17)27)19(24)21-16-10-14(22-23-16)11-6-7-11/h1-5,8-11,17H,6-7,20H2,(H2,21,22,23,24). The van der Waals surface area contributed by atoms with Crippen molar-refractivity contribution in [3.05, 3.63) is 64.7 Å². The van der Waals surface area contributed by atoms with E-state index in [4.69, 9.17) is 18.0 Å². The van der Waals surface area contributed by atoms with E-state index in [1.54, 1.807) is 24.3 Å². The zero-order valence-electron chi connectivity index (χ0n) is 14.8. The van der Waals surface area contributed by atoms with Crippen LogP contribution in [0.25, 0.3) is 0 Å². The number of nitrogens with zero attached hydrogens (tertiary/aromatic N) is 1. The number of allylic oxidation sites excluding steroid dienone is 2. The summed E-state index contributed by atoms with van der Waals surface area (Å²) < 4.78 is 25.7. The van der Waals surface area contributed by atoms with Crippen LogP contribution >= 0.6 is 12.2 Å². The molecule has 1 fully saturated rings. The van der Waals surface area contributed by atoms with Gasteiger partial charge in [-0.05, 0) is 37.1 Å². The van der Waals surface area contributed by atoms with Gasteiger partial charge >= 0.3 is 0 Å². The highest BCUT2D eigenvalue weighted by Gasteiger charge is 2.34. The molecule has 1 unspecified atom stereocenters. The Kier molecular flexibility index (Phi) is 4.74. The van der Waals surface area contributed by atoms with Gasteiger partial charge in [0.1, 0.15) is 0 Å². The first-order chi connectivity index (χ1) is 13.4. The number of hydrogen-bond acceptors (Lipinski definition) is 6. The van der Waals surface area contributed by atoms with Crippen molar-refractivity contribution in [2.24, 2.45) is 5.73 Å². The number of carbonyl (C=O) groups excluding carboxylic acids is 1. The zero-order valence-corrected chi connectivity index (χ0v) is 16.4. The van der Waals surface area contributed by atoms with E-state index in [1.165, 1.54) is 24.3 Å². The molecule has 4 N–H and O–H groups in total. The van der Waals surface area contributed by atoms with Gasteiger partial charge in [-0.25, -0.2) is 8.42 Å². The molecule has 0 aliphatic heterocycles. The third kappa shape index (κ3) is 3.44. The van der Waals surface area contributed by atoms with E-state index >= 15 is 0 Å². The Balaban J connectivity index is 1.58. The number of H-pyrrole nitrogens is 1. The number of aromatic amines is 1. The number of carbonyl (C=O) groups is 1. The Hall–Kier alpha value is -2.62. The van der Waals surface area contributed by atoms with Crippen molar-refractivity contribution in [2.45, 2.75) is 29.7 Å². The molecule has 1 saturated carbocycles. The first-order valence-electron chi connectivity index (χ1n) is 8.76. The molecule has 144 valence electrons. The van der Waals surface area contributed by atoms with Crippen molar-refractivity contribution in [3.8, 4) is 0 Å². The number of benzene rings is 1. The van der Waals surface area contributed by atoms with Crippen LogP contribution in [0.5, 0.6) is 0 Å². The molecule has 4 rings (SSSR count). The Morgan fingerprint density at radius 1 is 1.21 bits per heavy atom. The SMILES string of the molecule is NC1C(=S)C(C(=O)Nc2cc(C3CC3)[nH]n2)=CC=C1S(=O)(=O)c1ccccc1.